The molecule has 0 spiro atoms. The summed E-state index contributed by atoms with van der Waals surface area (Å²) < 4.78 is 18.4. The molecule has 0 saturated heterocycles. The molecule has 2 heterocycles. The van der Waals surface area contributed by atoms with Crippen LogP contribution in [-0.4, -0.2) is 28.0 Å². The highest BCUT2D eigenvalue weighted by Gasteiger charge is 2.50. The van der Waals surface area contributed by atoms with Crippen molar-refractivity contribution < 1.29 is 24.1 Å². The maximum absolute atomic E-state index is 12.9. The molecule has 2 fully saturated rings. The molecule has 2 N–H and O–H groups in total. The van der Waals surface area contributed by atoms with Gasteiger partial charge < -0.3 is 24.1 Å². The van der Waals surface area contributed by atoms with Crippen LogP contribution in [0.2, 0.25) is 0 Å². The lowest BCUT2D eigenvalue weighted by Gasteiger charge is -2.37. The van der Waals surface area contributed by atoms with Gasteiger partial charge in [0.25, 0.3) is 0 Å². The Hall–Kier alpha value is -2.05. The third-order valence-corrected chi connectivity index (χ3v) is 6.57. The summed E-state index contributed by atoms with van der Waals surface area (Å²) in [5.41, 5.74) is 0.119. The smallest absolute Gasteiger partial charge is 0.196 e. The van der Waals surface area contributed by atoms with E-state index in [-0.39, 0.29) is 35.9 Å². The van der Waals surface area contributed by atoms with Gasteiger partial charge in [-0.25, -0.2) is 0 Å². The fourth-order valence-electron chi connectivity index (χ4n) is 5.20. The molecule has 3 aliphatic rings. The normalized spacial score (nSPS) is 29.5. The van der Waals surface area contributed by atoms with E-state index in [0.29, 0.717) is 28.9 Å². The van der Waals surface area contributed by atoms with Gasteiger partial charge in [-0.2, -0.15) is 0 Å². The zero-order chi connectivity index (χ0) is 19.5. The maximum atomic E-state index is 12.9. The molecule has 0 radical (unpaired) electrons. The number of aliphatic hydroxyl groups excluding tert-OH is 1. The van der Waals surface area contributed by atoms with Gasteiger partial charge in [0.05, 0.1) is 11.7 Å². The average molecular weight is 386 g/mol. The van der Waals surface area contributed by atoms with Crippen LogP contribution >= 0.6 is 0 Å². The zero-order valence-electron chi connectivity index (χ0n) is 16.1. The molecular weight excluding hydrogens is 360 g/mol. The molecule has 5 rings (SSSR count). The monoisotopic (exact) mass is 386 g/mol. The molecule has 2 aromatic rings. The van der Waals surface area contributed by atoms with Crippen LogP contribution in [0.1, 0.15) is 69.1 Å². The van der Waals surface area contributed by atoms with Gasteiger partial charge in [0.15, 0.2) is 5.43 Å². The Bertz CT molecular complexity index is 969. The first-order valence-electron chi connectivity index (χ1n) is 10.3. The predicted octanol–water partition coefficient (Wildman–Crippen LogP) is 3.39. The summed E-state index contributed by atoms with van der Waals surface area (Å²) in [7, 11) is 0. The molecule has 150 valence electrons. The van der Waals surface area contributed by atoms with Crippen LogP contribution in [0.25, 0.3) is 11.0 Å². The minimum Gasteiger partial charge on any atom is -0.489 e. The van der Waals surface area contributed by atoms with E-state index in [2.05, 4.69) is 0 Å². The standard InChI is InChI=1S/C22H26O6/c1-22(25)8-4-7-14-18-16(28-21(14)22)10-17-19(15(24)9-13(11-23)26-17)20(18)27-12-5-2-3-6-12/h9-10,12,14,21,23,25H,2-8,11H2,1H3/t14-,21+,22-/m1/s1. The van der Waals surface area contributed by atoms with E-state index in [1.165, 1.54) is 6.07 Å². The Labute approximate surface area is 163 Å². The molecular formula is C22H26O6. The van der Waals surface area contributed by atoms with E-state index in [1.54, 1.807) is 6.07 Å². The van der Waals surface area contributed by atoms with Crippen molar-refractivity contribution in [2.45, 2.75) is 82.2 Å². The predicted molar refractivity (Wildman–Crippen MR) is 103 cm³/mol. The Kier molecular flexibility index (Phi) is 4.18. The Morgan fingerprint density at radius 2 is 2.00 bits per heavy atom. The second kappa shape index (κ2) is 6.49. The summed E-state index contributed by atoms with van der Waals surface area (Å²) in [6.45, 7) is 1.47. The number of rotatable bonds is 3. The summed E-state index contributed by atoms with van der Waals surface area (Å²) in [6, 6.07) is 3.06. The lowest BCUT2D eigenvalue weighted by molar-refractivity contribution is -0.0725. The number of fused-ring (bicyclic) bond motifs is 4. The molecule has 6 nitrogen and oxygen atoms in total. The van der Waals surface area contributed by atoms with Crippen LogP contribution in [0.3, 0.4) is 0 Å². The van der Waals surface area contributed by atoms with E-state index >= 15 is 0 Å². The first-order chi connectivity index (χ1) is 13.5. The molecule has 2 aliphatic carbocycles. The molecule has 2 saturated carbocycles. The Morgan fingerprint density at radius 1 is 1.21 bits per heavy atom. The lowest BCUT2D eigenvalue weighted by atomic mass is 9.74. The molecule has 0 bridgehead atoms. The quantitative estimate of drug-likeness (QED) is 0.841. The highest BCUT2D eigenvalue weighted by atomic mass is 16.5. The van der Waals surface area contributed by atoms with Crippen LogP contribution in [-0.2, 0) is 6.61 Å². The van der Waals surface area contributed by atoms with Crippen molar-refractivity contribution in [3.05, 3.63) is 33.7 Å². The van der Waals surface area contributed by atoms with Crippen molar-refractivity contribution in [3.8, 4) is 11.5 Å². The van der Waals surface area contributed by atoms with Gasteiger partial charge in [-0.05, 0) is 51.9 Å². The third kappa shape index (κ3) is 2.73. The first kappa shape index (κ1) is 18.0. The topological polar surface area (TPSA) is 89.1 Å². The average Bonchev–Trinajstić information content (AvgIpc) is 3.29. The van der Waals surface area contributed by atoms with Crippen LogP contribution in [0.15, 0.2) is 21.3 Å². The van der Waals surface area contributed by atoms with Crippen LogP contribution < -0.4 is 14.9 Å². The molecule has 1 aromatic carbocycles. The van der Waals surface area contributed by atoms with Gasteiger partial charge in [-0.15, -0.1) is 0 Å². The van der Waals surface area contributed by atoms with Crippen molar-refractivity contribution >= 4 is 11.0 Å². The minimum atomic E-state index is -0.924. The minimum absolute atomic E-state index is 0.00327. The van der Waals surface area contributed by atoms with Gasteiger partial charge in [0, 0.05) is 23.6 Å². The van der Waals surface area contributed by atoms with Gasteiger partial charge in [0.2, 0.25) is 0 Å². The largest absolute Gasteiger partial charge is 0.489 e. The van der Waals surface area contributed by atoms with Crippen LogP contribution in [0.5, 0.6) is 11.5 Å². The van der Waals surface area contributed by atoms with Crippen LogP contribution in [0.4, 0.5) is 0 Å². The number of aliphatic hydroxyl groups is 2. The number of hydrogen-bond acceptors (Lipinski definition) is 6. The number of ether oxygens (including phenoxy) is 2. The molecule has 3 atom stereocenters. The molecule has 1 aromatic heterocycles. The SMILES string of the molecule is C[C@@]1(O)CCC[C@@H]2c3c(cc4oc(CO)cc(=O)c4c3OC3CCCC3)O[C@@H]21. The third-order valence-electron chi connectivity index (χ3n) is 6.57. The van der Waals surface area contributed by atoms with Crippen molar-refractivity contribution in [1.82, 2.24) is 0 Å². The molecule has 1 aliphatic heterocycles. The van der Waals surface area contributed by atoms with Crippen LogP contribution in [0, 0.1) is 0 Å². The highest BCUT2D eigenvalue weighted by Crippen LogP contribution is 2.54. The maximum Gasteiger partial charge on any atom is 0.196 e. The number of hydrogen-bond donors (Lipinski definition) is 2. The molecule has 6 heteroatoms. The Balaban J connectivity index is 1.73. The highest BCUT2D eigenvalue weighted by molar-refractivity contribution is 5.88. The Morgan fingerprint density at radius 3 is 2.75 bits per heavy atom. The zero-order valence-corrected chi connectivity index (χ0v) is 16.1. The summed E-state index contributed by atoms with van der Waals surface area (Å²) in [5, 5.41) is 20.7. The van der Waals surface area contributed by atoms with E-state index in [9.17, 15) is 15.0 Å². The second-order valence-electron chi connectivity index (χ2n) is 8.64. The van der Waals surface area contributed by atoms with E-state index < -0.39 is 5.60 Å². The van der Waals surface area contributed by atoms with Gasteiger partial charge >= 0.3 is 0 Å². The lowest BCUT2D eigenvalue weighted by Crippen LogP contribution is -2.47. The molecule has 0 amide bonds. The summed E-state index contributed by atoms with van der Waals surface area (Å²) in [6.07, 6.45) is 6.38. The summed E-state index contributed by atoms with van der Waals surface area (Å²) >= 11 is 0. The van der Waals surface area contributed by atoms with Crippen molar-refractivity contribution in [1.29, 1.82) is 0 Å². The van der Waals surface area contributed by atoms with Gasteiger partial charge in [-0.1, -0.05) is 0 Å². The molecule has 28 heavy (non-hydrogen) atoms. The number of benzene rings is 1. The van der Waals surface area contributed by atoms with Crippen molar-refractivity contribution in [3.63, 3.8) is 0 Å². The summed E-state index contributed by atoms with van der Waals surface area (Å²) in [4.78, 5) is 12.9. The van der Waals surface area contributed by atoms with Gasteiger partial charge in [0.1, 0.15) is 40.9 Å². The fraction of sp³-hybridized carbons (Fsp3) is 0.591. The van der Waals surface area contributed by atoms with E-state index in [1.807, 2.05) is 6.92 Å². The second-order valence-corrected chi connectivity index (χ2v) is 8.64. The summed E-state index contributed by atoms with van der Waals surface area (Å²) in [5.74, 6) is 1.39. The van der Waals surface area contributed by atoms with E-state index in [4.69, 9.17) is 13.9 Å². The van der Waals surface area contributed by atoms with E-state index in [0.717, 1.165) is 44.1 Å². The van der Waals surface area contributed by atoms with Crippen molar-refractivity contribution in [2.24, 2.45) is 0 Å². The fourth-order valence-corrected chi connectivity index (χ4v) is 5.20. The van der Waals surface area contributed by atoms with Gasteiger partial charge in [-0.3, -0.25) is 4.79 Å². The van der Waals surface area contributed by atoms with Crippen molar-refractivity contribution in [2.75, 3.05) is 0 Å². The molecule has 0 unspecified atom stereocenters. The first-order valence-corrected chi connectivity index (χ1v) is 10.3.